The molecule has 7 nitrogen and oxygen atoms in total. The lowest BCUT2D eigenvalue weighted by molar-refractivity contribution is -0.143. The Hall–Kier alpha value is -3.22. The molecule has 0 bridgehead atoms. The molecule has 7 heteroatoms. The number of hydrogen-bond donors (Lipinski definition) is 1. The monoisotopic (exact) mass is 442 g/mol. The molecule has 2 unspecified atom stereocenters. The van der Waals surface area contributed by atoms with Gasteiger partial charge in [0, 0.05) is 12.6 Å². The van der Waals surface area contributed by atoms with E-state index < -0.39 is 6.04 Å². The standard InChI is InChI=1S/C25H34N2O5/c1-6-18(3)26-25(29)21(7-2)27(16-19-11-10-12-20(15-19)30-4)24(28)17-32-23-14-9-8-13-22(23)31-5/h8-15,18,21H,6-7,16-17H2,1-5H3,(H,26,29). The minimum Gasteiger partial charge on any atom is -0.497 e. The third kappa shape index (κ3) is 6.90. The van der Waals surface area contributed by atoms with Crippen molar-refractivity contribution in [3.05, 3.63) is 54.1 Å². The van der Waals surface area contributed by atoms with Gasteiger partial charge in [-0.1, -0.05) is 38.1 Å². The van der Waals surface area contributed by atoms with Gasteiger partial charge in [-0.2, -0.15) is 0 Å². The predicted octanol–water partition coefficient (Wildman–Crippen LogP) is 3.80. The van der Waals surface area contributed by atoms with Crippen LogP contribution in [0.25, 0.3) is 0 Å². The second-order valence-corrected chi connectivity index (χ2v) is 7.55. The van der Waals surface area contributed by atoms with E-state index >= 15 is 0 Å². The quantitative estimate of drug-likeness (QED) is 0.541. The minimum atomic E-state index is -0.621. The summed E-state index contributed by atoms with van der Waals surface area (Å²) in [6.07, 6.45) is 1.29. The van der Waals surface area contributed by atoms with Gasteiger partial charge in [0.15, 0.2) is 18.1 Å². The maximum absolute atomic E-state index is 13.3. The topological polar surface area (TPSA) is 77.1 Å². The van der Waals surface area contributed by atoms with Gasteiger partial charge in [0.1, 0.15) is 11.8 Å². The number of amides is 2. The maximum Gasteiger partial charge on any atom is 0.261 e. The number of ether oxygens (including phenoxy) is 3. The molecule has 0 saturated carbocycles. The highest BCUT2D eigenvalue weighted by atomic mass is 16.5. The summed E-state index contributed by atoms with van der Waals surface area (Å²) >= 11 is 0. The highest BCUT2D eigenvalue weighted by Gasteiger charge is 2.29. The molecular formula is C25H34N2O5. The number of hydrogen-bond acceptors (Lipinski definition) is 5. The Morgan fingerprint density at radius 1 is 0.969 bits per heavy atom. The van der Waals surface area contributed by atoms with Crippen molar-refractivity contribution >= 4 is 11.8 Å². The molecule has 1 N–H and O–H groups in total. The molecule has 0 spiro atoms. The summed E-state index contributed by atoms with van der Waals surface area (Å²) in [4.78, 5) is 27.8. The van der Waals surface area contributed by atoms with Crippen molar-refractivity contribution in [2.75, 3.05) is 20.8 Å². The van der Waals surface area contributed by atoms with E-state index in [1.165, 1.54) is 0 Å². The highest BCUT2D eigenvalue weighted by molar-refractivity contribution is 5.88. The molecule has 0 saturated heterocycles. The number of para-hydroxylation sites is 2. The van der Waals surface area contributed by atoms with Gasteiger partial charge in [0.2, 0.25) is 5.91 Å². The van der Waals surface area contributed by atoms with Crippen molar-refractivity contribution in [2.24, 2.45) is 0 Å². The molecule has 2 amide bonds. The minimum absolute atomic E-state index is 0.0233. The molecule has 2 rings (SSSR count). The van der Waals surface area contributed by atoms with Crippen LogP contribution in [0.15, 0.2) is 48.5 Å². The van der Waals surface area contributed by atoms with Crippen LogP contribution in [-0.2, 0) is 16.1 Å². The Morgan fingerprint density at radius 2 is 1.69 bits per heavy atom. The van der Waals surface area contributed by atoms with Crippen LogP contribution < -0.4 is 19.5 Å². The average Bonchev–Trinajstić information content (AvgIpc) is 2.82. The van der Waals surface area contributed by atoms with Crippen LogP contribution in [0.1, 0.15) is 39.2 Å². The van der Waals surface area contributed by atoms with Crippen molar-refractivity contribution in [1.82, 2.24) is 10.2 Å². The second kappa shape index (κ2) is 12.6. The number of benzene rings is 2. The van der Waals surface area contributed by atoms with Crippen LogP contribution in [0.3, 0.4) is 0 Å². The largest absolute Gasteiger partial charge is 0.497 e. The van der Waals surface area contributed by atoms with E-state index in [2.05, 4.69) is 5.32 Å². The summed E-state index contributed by atoms with van der Waals surface area (Å²) < 4.78 is 16.4. The second-order valence-electron chi connectivity index (χ2n) is 7.55. The number of carbonyl (C=O) groups excluding carboxylic acids is 2. The van der Waals surface area contributed by atoms with Crippen molar-refractivity contribution in [2.45, 2.75) is 52.2 Å². The SMILES string of the molecule is CCC(C)NC(=O)C(CC)N(Cc1cccc(OC)c1)C(=O)COc1ccccc1OC. The van der Waals surface area contributed by atoms with Crippen LogP contribution in [0.4, 0.5) is 0 Å². The summed E-state index contributed by atoms with van der Waals surface area (Å²) in [6.45, 7) is 5.90. The number of nitrogens with zero attached hydrogens (tertiary/aromatic N) is 1. The van der Waals surface area contributed by atoms with Gasteiger partial charge < -0.3 is 24.4 Å². The summed E-state index contributed by atoms with van der Waals surface area (Å²) in [6, 6.07) is 14.0. The van der Waals surface area contributed by atoms with Gasteiger partial charge in [-0.3, -0.25) is 9.59 Å². The van der Waals surface area contributed by atoms with Crippen molar-refractivity contribution < 1.29 is 23.8 Å². The van der Waals surface area contributed by atoms with Crippen LogP contribution in [0.2, 0.25) is 0 Å². The number of rotatable bonds is 12. The third-order valence-electron chi connectivity index (χ3n) is 5.29. The lowest BCUT2D eigenvalue weighted by atomic mass is 10.1. The zero-order chi connectivity index (χ0) is 23.5. The zero-order valence-electron chi connectivity index (χ0n) is 19.6. The van der Waals surface area contributed by atoms with E-state index in [4.69, 9.17) is 14.2 Å². The van der Waals surface area contributed by atoms with E-state index in [1.807, 2.05) is 57.2 Å². The van der Waals surface area contributed by atoms with E-state index in [0.717, 1.165) is 12.0 Å². The van der Waals surface area contributed by atoms with Gasteiger partial charge in [-0.25, -0.2) is 0 Å². The summed E-state index contributed by atoms with van der Waals surface area (Å²) in [5.41, 5.74) is 0.866. The Morgan fingerprint density at radius 3 is 2.31 bits per heavy atom. The van der Waals surface area contributed by atoms with Gasteiger partial charge in [-0.05, 0) is 49.6 Å². The van der Waals surface area contributed by atoms with Crippen LogP contribution in [0.5, 0.6) is 17.2 Å². The molecule has 2 aromatic carbocycles. The van der Waals surface area contributed by atoms with Crippen LogP contribution in [0, 0.1) is 0 Å². The van der Waals surface area contributed by atoms with E-state index in [1.54, 1.807) is 31.3 Å². The molecule has 174 valence electrons. The molecule has 0 radical (unpaired) electrons. The highest BCUT2D eigenvalue weighted by Crippen LogP contribution is 2.26. The Kier molecular flexibility index (Phi) is 9.85. The van der Waals surface area contributed by atoms with Crippen molar-refractivity contribution in [3.63, 3.8) is 0 Å². The first-order chi connectivity index (χ1) is 15.4. The first-order valence-electron chi connectivity index (χ1n) is 10.9. The molecule has 0 aliphatic heterocycles. The third-order valence-corrected chi connectivity index (χ3v) is 5.29. The molecule has 0 aromatic heterocycles. The predicted molar refractivity (Wildman–Crippen MR) is 124 cm³/mol. The number of carbonyl (C=O) groups is 2. The first-order valence-corrected chi connectivity index (χ1v) is 10.9. The fraction of sp³-hybridized carbons (Fsp3) is 0.440. The molecule has 32 heavy (non-hydrogen) atoms. The molecule has 0 aliphatic rings. The van der Waals surface area contributed by atoms with Crippen molar-refractivity contribution in [1.29, 1.82) is 0 Å². The number of methoxy groups -OCH3 is 2. The van der Waals surface area contributed by atoms with Gasteiger partial charge in [0.05, 0.1) is 14.2 Å². The summed E-state index contributed by atoms with van der Waals surface area (Å²) in [5, 5.41) is 3.00. The molecule has 2 atom stereocenters. The zero-order valence-corrected chi connectivity index (χ0v) is 19.6. The fourth-order valence-corrected chi connectivity index (χ4v) is 3.29. The number of nitrogens with one attached hydrogen (secondary N) is 1. The van der Waals surface area contributed by atoms with Gasteiger partial charge in [-0.15, -0.1) is 0 Å². The maximum atomic E-state index is 13.3. The van der Waals surface area contributed by atoms with E-state index in [9.17, 15) is 9.59 Å². The summed E-state index contributed by atoms with van der Waals surface area (Å²) in [5.74, 6) is 1.25. The Labute approximate surface area is 190 Å². The molecule has 0 aliphatic carbocycles. The van der Waals surface area contributed by atoms with Crippen LogP contribution in [-0.4, -0.2) is 49.6 Å². The molecular weight excluding hydrogens is 408 g/mol. The molecule has 0 fully saturated rings. The summed E-state index contributed by atoms with van der Waals surface area (Å²) in [7, 11) is 3.14. The lowest BCUT2D eigenvalue weighted by Gasteiger charge is -2.31. The average molecular weight is 443 g/mol. The first kappa shape index (κ1) is 25.0. The van der Waals surface area contributed by atoms with E-state index in [-0.39, 0.29) is 31.0 Å². The van der Waals surface area contributed by atoms with Gasteiger partial charge >= 0.3 is 0 Å². The van der Waals surface area contributed by atoms with E-state index in [0.29, 0.717) is 23.7 Å². The smallest absolute Gasteiger partial charge is 0.261 e. The normalized spacial score (nSPS) is 12.4. The van der Waals surface area contributed by atoms with Gasteiger partial charge in [0.25, 0.3) is 5.91 Å². The lowest BCUT2D eigenvalue weighted by Crippen LogP contribution is -2.51. The molecule has 0 heterocycles. The molecule has 2 aromatic rings. The van der Waals surface area contributed by atoms with Crippen molar-refractivity contribution in [3.8, 4) is 17.2 Å². The van der Waals surface area contributed by atoms with Crippen LogP contribution >= 0.6 is 0 Å². The Bertz CT molecular complexity index is 886. The Balaban J connectivity index is 2.26. The fourth-order valence-electron chi connectivity index (χ4n) is 3.29.